The lowest BCUT2D eigenvalue weighted by Crippen LogP contribution is -2.42. The molecule has 1 aliphatic heterocycles. The summed E-state index contributed by atoms with van der Waals surface area (Å²) in [6.07, 6.45) is 0.0692. The van der Waals surface area contributed by atoms with Gasteiger partial charge in [-0.3, -0.25) is 0 Å². The van der Waals surface area contributed by atoms with Crippen molar-refractivity contribution < 1.29 is 14.2 Å². The number of hydrogen-bond donors (Lipinski definition) is 1. The van der Waals surface area contributed by atoms with Crippen LogP contribution in [0.15, 0.2) is 24.3 Å². The molecule has 1 heterocycles. The third kappa shape index (κ3) is 2.83. The van der Waals surface area contributed by atoms with Crippen LogP contribution in [0.2, 0.25) is 0 Å². The summed E-state index contributed by atoms with van der Waals surface area (Å²) in [5, 5.41) is 3.31. The molecule has 0 aliphatic carbocycles. The molecule has 4 nitrogen and oxygen atoms in total. The van der Waals surface area contributed by atoms with Gasteiger partial charge in [-0.15, -0.1) is 0 Å². The van der Waals surface area contributed by atoms with Crippen molar-refractivity contribution in [3.8, 4) is 5.75 Å². The number of fused-ring (bicyclic) bond motifs is 1. The Morgan fingerprint density at radius 2 is 2.22 bits per heavy atom. The first kappa shape index (κ1) is 13.3. The van der Waals surface area contributed by atoms with Crippen LogP contribution in [0.25, 0.3) is 0 Å². The number of methoxy groups -OCH3 is 1. The van der Waals surface area contributed by atoms with Crippen molar-refractivity contribution in [1.82, 2.24) is 5.32 Å². The standard InChI is InChI=1S/C14H21NO3/c1-10(8-16-3)18-13-9-17-12-7-5-4-6-11(12)14(13)15-2/h4-7,10,13-15H,8-9H2,1-3H3. The Balaban J connectivity index is 2.10. The molecule has 100 valence electrons. The second-order valence-corrected chi connectivity index (χ2v) is 4.56. The van der Waals surface area contributed by atoms with Crippen LogP contribution in [-0.2, 0) is 9.47 Å². The van der Waals surface area contributed by atoms with Gasteiger partial charge in [-0.1, -0.05) is 18.2 Å². The summed E-state index contributed by atoms with van der Waals surface area (Å²) < 4.78 is 16.8. The molecule has 0 spiro atoms. The molecular formula is C14H21NO3. The lowest BCUT2D eigenvalue weighted by atomic mass is 9.98. The molecule has 0 aromatic heterocycles. The number of para-hydroxylation sites is 1. The molecule has 2 rings (SSSR count). The first-order chi connectivity index (χ1) is 8.76. The van der Waals surface area contributed by atoms with Gasteiger partial charge in [0, 0.05) is 12.7 Å². The van der Waals surface area contributed by atoms with Crippen molar-refractivity contribution in [2.75, 3.05) is 27.4 Å². The third-order valence-electron chi connectivity index (χ3n) is 3.15. The fourth-order valence-electron chi connectivity index (χ4n) is 2.37. The van der Waals surface area contributed by atoms with Crippen LogP contribution >= 0.6 is 0 Å². The van der Waals surface area contributed by atoms with E-state index in [2.05, 4.69) is 11.4 Å². The monoisotopic (exact) mass is 251 g/mol. The topological polar surface area (TPSA) is 39.7 Å². The lowest BCUT2D eigenvalue weighted by molar-refractivity contribution is -0.0756. The molecule has 4 heteroatoms. The normalized spacial score (nSPS) is 24.2. The van der Waals surface area contributed by atoms with E-state index in [1.165, 1.54) is 0 Å². The highest BCUT2D eigenvalue weighted by Crippen LogP contribution is 2.33. The van der Waals surface area contributed by atoms with Gasteiger partial charge in [0.05, 0.1) is 18.8 Å². The Morgan fingerprint density at radius 3 is 2.94 bits per heavy atom. The van der Waals surface area contributed by atoms with Crippen LogP contribution in [0.1, 0.15) is 18.5 Å². The van der Waals surface area contributed by atoms with Crippen LogP contribution in [0.4, 0.5) is 0 Å². The van der Waals surface area contributed by atoms with Gasteiger partial charge in [0.15, 0.2) is 0 Å². The molecule has 0 amide bonds. The molecule has 18 heavy (non-hydrogen) atoms. The Bertz CT molecular complexity index is 383. The summed E-state index contributed by atoms with van der Waals surface area (Å²) in [4.78, 5) is 0. The Morgan fingerprint density at radius 1 is 1.44 bits per heavy atom. The van der Waals surface area contributed by atoms with E-state index in [-0.39, 0.29) is 18.2 Å². The van der Waals surface area contributed by atoms with Gasteiger partial charge in [-0.25, -0.2) is 0 Å². The van der Waals surface area contributed by atoms with Gasteiger partial charge in [-0.2, -0.15) is 0 Å². The SMILES string of the molecule is CNC1c2ccccc2OCC1OC(C)COC. The van der Waals surface area contributed by atoms with Crippen LogP contribution in [0.5, 0.6) is 5.75 Å². The maximum absolute atomic E-state index is 5.98. The van der Waals surface area contributed by atoms with Gasteiger partial charge < -0.3 is 19.5 Å². The summed E-state index contributed by atoms with van der Waals surface area (Å²) in [5.74, 6) is 0.941. The van der Waals surface area contributed by atoms with Crippen molar-refractivity contribution in [3.63, 3.8) is 0 Å². The second-order valence-electron chi connectivity index (χ2n) is 4.56. The molecule has 0 saturated carbocycles. The van der Waals surface area contributed by atoms with Crippen LogP contribution in [0, 0.1) is 0 Å². The minimum atomic E-state index is 0.00931. The predicted octanol–water partition coefficient (Wildman–Crippen LogP) is 1.76. The predicted molar refractivity (Wildman–Crippen MR) is 69.9 cm³/mol. The van der Waals surface area contributed by atoms with Gasteiger partial charge in [0.25, 0.3) is 0 Å². The summed E-state index contributed by atoms with van der Waals surface area (Å²) in [5.41, 5.74) is 1.15. The zero-order chi connectivity index (χ0) is 13.0. The fraction of sp³-hybridized carbons (Fsp3) is 0.571. The van der Waals surface area contributed by atoms with Crippen LogP contribution in [0.3, 0.4) is 0 Å². The number of rotatable bonds is 5. The third-order valence-corrected chi connectivity index (χ3v) is 3.15. The van der Waals surface area contributed by atoms with Crippen molar-refractivity contribution in [3.05, 3.63) is 29.8 Å². The average Bonchev–Trinajstić information content (AvgIpc) is 2.38. The summed E-state index contributed by atoms with van der Waals surface area (Å²) in [6.45, 7) is 3.17. The van der Waals surface area contributed by atoms with Crippen molar-refractivity contribution in [1.29, 1.82) is 0 Å². The smallest absolute Gasteiger partial charge is 0.124 e. The molecule has 3 unspecified atom stereocenters. The van der Waals surface area contributed by atoms with Gasteiger partial charge in [0.1, 0.15) is 18.5 Å². The minimum absolute atomic E-state index is 0.00931. The Kier molecular flexibility index (Phi) is 4.58. The van der Waals surface area contributed by atoms with E-state index in [1.54, 1.807) is 7.11 Å². The van der Waals surface area contributed by atoms with E-state index in [9.17, 15) is 0 Å². The first-order valence-electron chi connectivity index (χ1n) is 6.29. The van der Waals surface area contributed by atoms with E-state index in [1.807, 2.05) is 32.2 Å². The summed E-state index contributed by atoms with van der Waals surface area (Å²) >= 11 is 0. The number of benzene rings is 1. The molecule has 0 bridgehead atoms. The molecule has 1 aromatic carbocycles. The molecule has 0 radical (unpaired) electrons. The van der Waals surface area contributed by atoms with Gasteiger partial charge in [-0.05, 0) is 20.0 Å². The van der Waals surface area contributed by atoms with Crippen LogP contribution in [-0.4, -0.2) is 39.6 Å². The van der Waals surface area contributed by atoms with E-state index >= 15 is 0 Å². The highest BCUT2D eigenvalue weighted by Gasteiger charge is 2.31. The second kappa shape index (κ2) is 6.18. The fourth-order valence-corrected chi connectivity index (χ4v) is 2.37. The van der Waals surface area contributed by atoms with E-state index in [0.717, 1.165) is 11.3 Å². The first-order valence-corrected chi connectivity index (χ1v) is 6.29. The minimum Gasteiger partial charge on any atom is -0.490 e. The van der Waals surface area contributed by atoms with E-state index < -0.39 is 0 Å². The quantitative estimate of drug-likeness (QED) is 0.865. The van der Waals surface area contributed by atoms with Crippen LogP contribution < -0.4 is 10.1 Å². The lowest BCUT2D eigenvalue weighted by Gasteiger charge is -2.34. The van der Waals surface area contributed by atoms with Gasteiger partial charge in [0.2, 0.25) is 0 Å². The molecule has 1 N–H and O–H groups in total. The number of hydrogen-bond acceptors (Lipinski definition) is 4. The Labute approximate surface area is 108 Å². The van der Waals surface area contributed by atoms with E-state index in [0.29, 0.717) is 13.2 Å². The molecule has 0 saturated heterocycles. The van der Waals surface area contributed by atoms with Crippen molar-refractivity contribution in [2.24, 2.45) is 0 Å². The van der Waals surface area contributed by atoms with Crippen molar-refractivity contribution in [2.45, 2.75) is 25.2 Å². The number of nitrogens with one attached hydrogen (secondary N) is 1. The highest BCUT2D eigenvalue weighted by molar-refractivity contribution is 5.38. The largest absolute Gasteiger partial charge is 0.490 e. The zero-order valence-corrected chi connectivity index (χ0v) is 11.2. The maximum atomic E-state index is 5.98. The summed E-state index contributed by atoms with van der Waals surface area (Å²) in [6, 6.07) is 8.24. The molecular weight excluding hydrogens is 230 g/mol. The van der Waals surface area contributed by atoms with E-state index in [4.69, 9.17) is 14.2 Å². The average molecular weight is 251 g/mol. The number of likely N-dealkylation sites (N-methyl/N-ethyl adjacent to an activating group) is 1. The zero-order valence-electron chi connectivity index (χ0n) is 11.2. The summed E-state index contributed by atoms with van der Waals surface area (Å²) in [7, 11) is 3.63. The molecule has 0 fully saturated rings. The molecule has 1 aliphatic rings. The number of ether oxygens (including phenoxy) is 3. The highest BCUT2D eigenvalue weighted by atomic mass is 16.6. The maximum Gasteiger partial charge on any atom is 0.124 e. The molecule has 1 aromatic rings. The van der Waals surface area contributed by atoms with Gasteiger partial charge >= 0.3 is 0 Å². The Hall–Kier alpha value is -1.10. The van der Waals surface area contributed by atoms with Crippen molar-refractivity contribution >= 4 is 0 Å². The molecule has 3 atom stereocenters.